The van der Waals surface area contributed by atoms with E-state index >= 15 is 0 Å². The van der Waals surface area contributed by atoms with Crippen molar-refractivity contribution in [2.75, 3.05) is 0 Å². The van der Waals surface area contributed by atoms with Crippen molar-refractivity contribution in [2.24, 2.45) is 0 Å². The summed E-state index contributed by atoms with van der Waals surface area (Å²) in [4.78, 5) is 23.4. The van der Waals surface area contributed by atoms with E-state index in [-0.39, 0.29) is 12.0 Å². The highest BCUT2D eigenvalue weighted by molar-refractivity contribution is 5.87. The van der Waals surface area contributed by atoms with Crippen LogP contribution in [-0.2, 0) is 19.1 Å². The van der Waals surface area contributed by atoms with Crippen molar-refractivity contribution < 1.29 is 24.2 Å². The number of aliphatic hydroxyl groups excluding tert-OH is 1. The first kappa shape index (κ1) is 28.4. The Hall–Kier alpha value is -1.62. The number of rotatable bonds is 19. The summed E-state index contributed by atoms with van der Waals surface area (Å²) in [5.74, 6) is -1.15. The molecule has 0 saturated carbocycles. The molecule has 2 unspecified atom stereocenters. The Labute approximate surface area is 183 Å². The number of hydrogen-bond donors (Lipinski definition) is 1. The summed E-state index contributed by atoms with van der Waals surface area (Å²) < 4.78 is 10.0. The van der Waals surface area contributed by atoms with Gasteiger partial charge in [-0.3, -0.25) is 4.79 Å². The standard InChI is InChI=1S/C25H44O5/c1-5-6-7-8-9-10-11-12-13-14-15-16-17-18-19-20-23(27)29-25(22(4)26)30-24(28)21(2)3/h12-13,22,25-26H,2,5-11,14-20H2,1,3-4H3. The number of unbranched alkanes of at least 4 members (excludes halogenated alkanes) is 11. The van der Waals surface area contributed by atoms with Gasteiger partial charge in [-0.25, -0.2) is 4.79 Å². The van der Waals surface area contributed by atoms with Crippen molar-refractivity contribution in [3.63, 3.8) is 0 Å². The van der Waals surface area contributed by atoms with Crippen molar-refractivity contribution in [1.82, 2.24) is 0 Å². The van der Waals surface area contributed by atoms with Gasteiger partial charge in [-0.1, -0.05) is 77.0 Å². The molecule has 0 spiro atoms. The molecule has 0 aliphatic carbocycles. The summed E-state index contributed by atoms with van der Waals surface area (Å²) in [6, 6.07) is 0. The maximum absolute atomic E-state index is 11.9. The molecule has 0 aromatic heterocycles. The fourth-order valence-corrected chi connectivity index (χ4v) is 2.96. The number of aliphatic hydroxyl groups is 1. The summed E-state index contributed by atoms with van der Waals surface area (Å²) in [6.45, 7) is 8.62. The number of ether oxygens (including phenoxy) is 2. The van der Waals surface area contributed by atoms with Gasteiger partial charge in [-0.15, -0.1) is 0 Å². The molecule has 0 saturated heterocycles. The SMILES string of the molecule is C=C(C)C(=O)OC(OC(=O)CCCCCCCC=CCCCCCCCC)C(C)O. The Kier molecular flexibility index (Phi) is 18.3. The molecule has 5 heteroatoms. The second-order valence-electron chi connectivity index (χ2n) is 8.12. The van der Waals surface area contributed by atoms with Crippen molar-refractivity contribution in [3.8, 4) is 0 Å². The van der Waals surface area contributed by atoms with Crippen LogP contribution in [0, 0.1) is 0 Å². The van der Waals surface area contributed by atoms with Crippen molar-refractivity contribution in [3.05, 3.63) is 24.3 Å². The summed E-state index contributed by atoms with van der Waals surface area (Å²) in [5, 5.41) is 9.61. The topological polar surface area (TPSA) is 72.8 Å². The Balaban J connectivity index is 3.64. The predicted octanol–water partition coefficient (Wildman–Crippen LogP) is 6.39. The molecule has 2 atom stereocenters. The molecule has 30 heavy (non-hydrogen) atoms. The second-order valence-corrected chi connectivity index (χ2v) is 8.12. The van der Waals surface area contributed by atoms with Crippen LogP contribution >= 0.6 is 0 Å². The van der Waals surface area contributed by atoms with E-state index in [4.69, 9.17) is 9.47 Å². The van der Waals surface area contributed by atoms with Gasteiger partial charge in [-0.2, -0.15) is 0 Å². The first-order chi connectivity index (χ1) is 14.4. The third kappa shape index (κ3) is 17.3. The lowest BCUT2D eigenvalue weighted by atomic mass is 10.1. The van der Waals surface area contributed by atoms with E-state index in [0.717, 1.165) is 32.1 Å². The minimum absolute atomic E-state index is 0.189. The third-order valence-corrected chi connectivity index (χ3v) is 4.86. The largest absolute Gasteiger partial charge is 0.422 e. The number of carbonyl (C=O) groups excluding carboxylic acids is 2. The van der Waals surface area contributed by atoms with Gasteiger partial charge >= 0.3 is 11.9 Å². The highest BCUT2D eigenvalue weighted by Crippen LogP contribution is 2.12. The first-order valence-electron chi connectivity index (χ1n) is 11.8. The molecule has 0 aliphatic heterocycles. The number of esters is 2. The van der Waals surface area contributed by atoms with Crippen LogP contribution in [0.3, 0.4) is 0 Å². The van der Waals surface area contributed by atoms with Gasteiger partial charge in [-0.05, 0) is 46.0 Å². The summed E-state index contributed by atoms with van der Waals surface area (Å²) in [6.07, 6.45) is 18.0. The molecule has 1 N–H and O–H groups in total. The van der Waals surface area contributed by atoms with Gasteiger partial charge in [0.2, 0.25) is 0 Å². The highest BCUT2D eigenvalue weighted by Gasteiger charge is 2.24. The minimum atomic E-state index is -1.29. The second kappa shape index (κ2) is 19.3. The van der Waals surface area contributed by atoms with Gasteiger partial charge in [0.05, 0.1) is 0 Å². The predicted molar refractivity (Wildman–Crippen MR) is 122 cm³/mol. The maximum Gasteiger partial charge on any atom is 0.336 e. The molecule has 0 rings (SSSR count). The third-order valence-electron chi connectivity index (χ3n) is 4.86. The first-order valence-corrected chi connectivity index (χ1v) is 11.8. The smallest absolute Gasteiger partial charge is 0.336 e. The van der Waals surface area contributed by atoms with E-state index in [9.17, 15) is 14.7 Å². The van der Waals surface area contributed by atoms with Gasteiger partial charge in [0, 0.05) is 12.0 Å². The molecule has 0 bridgehead atoms. The van der Waals surface area contributed by atoms with Crippen LogP contribution in [0.2, 0.25) is 0 Å². The molecule has 0 aliphatic rings. The van der Waals surface area contributed by atoms with Gasteiger partial charge < -0.3 is 14.6 Å². The molecule has 174 valence electrons. The van der Waals surface area contributed by atoms with E-state index in [1.165, 1.54) is 65.2 Å². The fourth-order valence-electron chi connectivity index (χ4n) is 2.96. The Morgan fingerprint density at radius 3 is 1.87 bits per heavy atom. The maximum atomic E-state index is 11.9. The van der Waals surface area contributed by atoms with Crippen LogP contribution in [0.15, 0.2) is 24.3 Å². The van der Waals surface area contributed by atoms with Crippen molar-refractivity contribution in [2.45, 2.75) is 123 Å². The van der Waals surface area contributed by atoms with Gasteiger partial charge in [0.1, 0.15) is 6.10 Å². The number of hydrogen-bond acceptors (Lipinski definition) is 5. The summed E-state index contributed by atoms with van der Waals surface area (Å²) >= 11 is 0. The lowest BCUT2D eigenvalue weighted by molar-refractivity contribution is -0.202. The zero-order valence-electron chi connectivity index (χ0n) is 19.5. The minimum Gasteiger partial charge on any atom is -0.422 e. The number of carbonyl (C=O) groups is 2. The lowest BCUT2D eigenvalue weighted by Gasteiger charge is -2.20. The van der Waals surface area contributed by atoms with Crippen LogP contribution in [0.4, 0.5) is 0 Å². The molecule has 0 heterocycles. The molecular formula is C25H44O5. The Morgan fingerprint density at radius 2 is 1.37 bits per heavy atom. The molecule has 5 nitrogen and oxygen atoms in total. The average Bonchev–Trinajstić information content (AvgIpc) is 2.70. The quantitative estimate of drug-likeness (QED) is 0.0854. The van der Waals surface area contributed by atoms with Crippen LogP contribution in [0.25, 0.3) is 0 Å². The molecular weight excluding hydrogens is 380 g/mol. The van der Waals surface area contributed by atoms with E-state index in [0.29, 0.717) is 0 Å². The zero-order valence-corrected chi connectivity index (χ0v) is 19.5. The molecule has 0 aromatic rings. The monoisotopic (exact) mass is 424 g/mol. The summed E-state index contributed by atoms with van der Waals surface area (Å²) in [7, 11) is 0. The van der Waals surface area contributed by atoms with E-state index in [1.54, 1.807) is 0 Å². The van der Waals surface area contributed by atoms with Crippen LogP contribution in [-0.4, -0.2) is 29.4 Å². The Morgan fingerprint density at radius 1 is 0.867 bits per heavy atom. The molecule has 0 radical (unpaired) electrons. The highest BCUT2D eigenvalue weighted by atomic mass is 16.7. The fraction of sp³-hybridized carbons (Fsp3) is 0.760. The van der Waals surface area contributed by atoms with E-state index in [1.807, 2.05) is 0 Å². The normalized spacial score (nSPS) is 13.2. The summed E-state index contributed by atoms with van der Waals surface area (Å²) in [5.41, 5.74) is 0.189. The van der Waals surface area contributed by atoms with Crippen molar-refractivity contribution >= 4 is 11.9 Å². The van der Waals surface area contributed by atoms with Gasteiger partial charge in [0.15, 0.2) is 0 Å². The van der Waals surface area contributed by atoms with Crippen LogP contribution in [0.5, 0.6) is 0 Å². The lowest BCUT2D eigenvalue weighted by Crippen LogP contribution is -2.34. The van der Waals surface area contributed by atoms with Gasteiger partial charge in [0.25, 0.3) is 6.29 Å². The van der Waals surface area contributed by atoms with Crippen LogP contribution in [0.1, 0.15) is 111 Å². The molecule has 0 amide bonds. The van der Waals surface area contributed by atoms with Crippen molar-refractivity contribution in [1.29, 1.82) is 0 Å². The Bertz CT molecular complexity index is 496. The number of allylic oxidation sites excluding steroid dienone is 2. The van der Waals surface area contributed by atoms with E-state index < -0.39 is 24.3 Å². The average molecular weight is 425 g/mol. The molecule has 0 aromatic carbocycles. The van der Waals surface area contributed by atoms with E-state index in [2.05, 4.69) is 25.7 Å². The molecule has 0 fully saturated rings. The van der Waals surface area contributed by atoms with Crippen LogP contribution < -0.4 is 0 Å². The zero-order chi connectivity index (χ0) is 22.6.